The summed E-state index contributed by atoms with van der Waals surface area (Å²) >= 11 is 6.20. The summed E-state index contributed by atoms with van der Waals surface area (Å²) in [6.07, 6.45) is 0.844. The predicted octanol–water partition coefficient (Wildman–Crippen LogP) is 3.84. The van der Waals surface area contributed by atoms with Gasteiger partial charge in [0, 0.05) is 23.4 Å². The molecule has 0 fully saturated rings. The third kappa shape index (κ3) is 3.82. The summed E-state index contributed by atoms with van der Waals surface area (Å²) in [6.45, 7) is 6.40. The van der Waals surface area contributed by atoms with E-state index in [9.17, 15) is 4.79 Å². The number of hydrogen-bond acceptors (Lipinski definition) is 2. The van der Waals surface area contributed by atoms with Crippen molar-refractivity contribution >= 4 is 17.5 Å². The topological polar surface area (TPSA) is 42.0 Å². The number of aryl methyl sites for hydroxylation is 3. The number of carbonyl (C=O) groups excluding carboxylic acids is 1. The Balaban J connectivity index is 2.09. The maximum absolute atomic E-state index is 12.1. The molecule has 0 unspecified atom stereocenters. The van der Waals surface area contributed by atoms with E-state index in [2.05, 4.69) is 10.3 Å². The maximum atomic E-state index is 12.1. The Bertz CT molecular complexity index is 627. The molecule has 1 N–H and O–H groups in total. The average molecular weight is 303 g/mol. The van der Waals surface area contributed by atoms with Crippen molar-refractivity contribution in [3.05, 3.63) is 63.4 Å². The third-order valence-corrected chi connectivity index (χ3v) is 3.76. The summed E-state index contributed by atoms with van der Waals surface area (Å²) in [5, 5.41) is 3.36. The van der Waals surface area contributed by atoms with Crippen LogP contribution in [0.5, 0.6) is 0 Å². The van der Waals surface area contributed by atoms with E-state index in [1.165, 1.54) is 0 Å². The van der Waals surface area contributed by atoms with E-state index < -0.39 is 0 Å². The fourth-order valence-electron chi connectivity index (χ4n) is 2.09. The van der Waals surface area contributed by atoms with E-state index >= 15 is 0 Å². The maximum Gasteiger partial charge on any atom is 0.251 e. The molecule has 0 aliphatic carbocycles. The summed E-state index contributed by atoms with van der Waals surface area (Å²) in [5.41, 5.74) is 4.66. The zero-order valence-corrected chi connectivity index (χ0v) is 13.3. The molecule has 0 saturated heterocycles. The van der Waals surface area contributed by atoms with Gasteiger partial charge in [0.05, 0.1) is 0 Å². The largest absolute Gasteiger partial charge is 0.348 e. The van der Waals surface area contributed by atoms with E-state index in [0.29, 0.717) is 17.3 Å². The van der Waals surface area contributed by atoms with Crippen LogP contribution in [0.2, 0.25) is 5.15 Å². The van der Waals surface area contributed by atoms with Crippen molar-refractivity contribution in [2.75, 3.05) is 0 Å². The number of halogens is 1. The van der Waals surface area contributed by atoms with E-state index in [-0.39, 0.29) is 5.91 Å². The molecule has 4 heteroatoms. The number of pyridine rings is 1. The molecule has 21 heavy (non-hydrogen) atoms. The Morgan fingerprint density at radius 2 is 1.90 bits per heavy atom. The molecule has 2 rings (SSSR count). The first-order valence-electron chi connectivity index (χ1n) is 7.01. The zero-order chi connectivity index (χ0) is 15.4. The first-order valence-corrected chi connectivity index (χ1v) is 7.38. The molecule has 1 heterocycles. The van der Waals surface area contributed by atoms with Crippen LogP contribution in [0.1, 0.15) is 39.7 Å². The molecule has 0 atom stereocenters. The van der Waals surface area contributed by atoms with Crippen LogP contribution in [0.15, 0.2) is 30.3 Å². The normalized spacial score (nSPS) is 10.5. The minimum atomic E-state index is -0.106. The van der Waals surface area contributed by atoms with Gasteiger partial charge in [0.1, 0.15) is 5.15 Å². The lowest BCUT2D eigenvalue weighted by atomic mass is 10.1. The molecular formula is C17H19ClN2O. The minimum Gasteiger partial charge on any atom is -0.348 e. The second kappa shape index (κ2) is 6.72. The van der Waals surface area contributed by atoms with Crippen LogP contribution in [-0.4, -0.2) is 10.9 Å². The Morgan fingerprint density at radius 3 is 2.48 bits per heavy atom. The molecule has 0 aliphatic rings. The highest BCUT2D eigenvalue weighted by Crippen LogP contribution is 2.19. The molecule has 2 aromatic rings. The second-order valence-corrected chi connectivity index (χ2v) is 5.46. The van der Waals surface area contributed by atoms with Crippen LogP contribution in [0.25, 0.3) is 0 Å². The highest BCUT2D eigenvalue weighted by molar-refractivity contribution is 6.30. The second-order valence-electron chi connectivity index (χ2n) is 5.10. The molecule has 0 spiro atoms. The number of hydrogen-bond donors (Lipinski definition) is 1. The number of carbonyl (C=O) groups is 1. The van der Waals surface area contributed by atoms with Gasteiger partial charge in [-0.3, -0.25) is 4.79 Å². The van der Waals surface area contributed by atoms with Gasteiger partial charge in [0.25, 0.3) is 5.91 Å². The van der Waals surface area contributed by atoms with E-state index in [1.807, 2.05) is 51.1 Å². The van der Waals surface area contributed by atoms with Crippen molar-refractivity contribution < 1.29 is 4.79 Å². The van der Waals surface area contributed by atoms with Gasteiger partial charge in [0.15, 0.2) is 0 Å². The van der Waals surface area contributed by atoms with E-state index in [1.54, 1.807) is 0 Å². The van der Waals surface area contributed by atoms with Gasteiger partial charge in [-0.1, -0.05) is 36.2 Å². The summed E-state index contributed by atoms with van der Waals surface area (Å²) < 4.78 is 0. The predicted molar refractivity (Wildman–Crippen MR) is 85.7 cm³/mol. The van der Waals surface area contributed by atoms with Gasteiger partial charge in [0.2, 0.25) is 0 Å². The zero-order valence-electron chi connectivity index (χ0n) is 12.5. The number of rotatable bonds is 4. The van der Waals surface area contributed by atoms with Crippen molar-refractivity contribution in [1.82, 2.24) is 10.3 Å². The SMILES string of the molecule is CCc1cc(C)c(CNC(=O)c2ccc(C)cc2)c(Cl)n1. The minimum absolute atomic E-state index is 0.106. The fourth-order valence-corrected chi connectivity index (χ4v) is 2.42. The van der Waals surface area contributed by atoms with Crippen LogP contribution >= 0.6 is 11.6 Å². The van der Waals surface area contributed by atoms with Crippen molar-refractivity contribution in [2.24, 2.45) is 0 Å². The Labute approximate surface area is 130 Å². The van der Waals surface area contributed by atoms with Gasteiger partial charge in [-0.05, 0) is 44.0 Å². The standard InChI is InChI=1S/C17H19ClN2O/c1-4-14-9-12(3)15(16(18)20-14)10-19-17(21)13-7-5-11(2)6-8-13/h5-9H,4,10H2,1-3H3,(H,19,21). The summed E-state index contributed by atoms with van der Waals surface area (Å²) in [5.74, 6) is -0.106. The van der Waals surface area contributed by atoms with E-state index in [0.717, 1.165) is 28.8 Å². The van der Waals surface area contributed by atoms with E-state index in [4.69, 9.17) is 11.6 Å². The van der Waals surface area contributed by atoms with Crippen molar-refractivity contribution in [3.63, 3.8) is 0 Å². The van der Waals surface area contributed by atoms with Gasteiger partial charge in [-0.15, -0.1) is 0 Å². The fraction of sp³-hybridized carbons (Fsp3) is 0.294. The molecule has 0 bridgehead atoms. The molecular weight excluding hydrogens is 284 g/mol. The summed E-state index contributed by atoms with van der Waals surface area (Å²) in [6, 6.07) is 9.49. The van der Waals surface area contributed by atoms with Crippen LogP contribution < -0.4 is 5.32 Å². The molecule has 1 aromatic heterocycles. The van der Waals surface area contributed by atoms with Crippen molar-refractivity contribution in [1.29, 1.82) is 0 Å². The van der Waals surface area contributed by atoms with Gasteiger partial charge in [-0.2, -0.15) is 0 Å². The Kier molecular flexibility index (Phi) is 4.97. The number of nitrogens with one attached hydrogen (secondary N) is 1. The van der Waals surface area contributed by atoms with Gasteiger partial charge < -0.3 is 5.32 Å². The van der Waals surface area contributed by atoms with Crippen molar-refractivity contribution in [2.45, 2.75) is 33.7 Å². The molecule has 1 aromatic carbocycles. The van der Waals surface area contributed by atoms with Crippen LogP contribution in [0.3, 0.4) is 0 Å². The molecule has 0 aliphatic heterocycles. The molecule has 0 saturated carbocycles. The third-order valence-electron chi connectivity index (χ3n) is 3.45. The van der Waals surface area contributed by atoms with Crippen LogP contribution in [0.4, 0.5) is 0 Å². The summed E-state index contributed by atoms with van der Waals surface area (Å²) in [4.78, 5) is 16.4. The Hall–Kier alpha value is -1.87. The highest BCUT2D eigenvalue weighted by Gasteiger charge is 2.10. The number of amides is 1. The molecule has 110 valence electrons. The molecule has 3 nitrogen and oxygen atoms in total. The smallest absolute Gasteiger partial charge is 0.251 e. The molecule has 1 amide bonds. The number of benzene rings is 1. The van der Waals surface area contributed by atoms with Crippen LogP contribution in [-0.2, 0) is 13.0 Å². The highest BCUT2D eigenvalue weighted by atomic mass is 35.5. The number of nitrogens with zero attached hydrogens (tertiary/aromatic N) is 1. The first kappa shape index (κ1) is 15.5. The van der Waals surface area contributed by atoms with Gasteiger partial charge in [-0.25, -0.2) is 4.98 Å². The quantitative estimate of drug-likeness (QED) is 0.872. The lowest BCUT2D eigenvalue weighted by Gasteiger charge is -2.11. The van der Waals surface area contributed by atoms with Crippen LogP contribution in [0, 0.1) is 13.8 Å². The molecule has 0 radical (unpaired) electrons. The average Bonchev–Trinajstić information content (AvgIpc) is 2.46. The van der Waals surface area contributed by atoms with Gasteiger partial charge >= 0.3 is 0 Å². The Morgan fingerprint density at radius 1 is 1.24 bits per heavy atom. The summed E-state index contributed by atoms with van der Waals surface area (Å²) in [7, 11) is 0. The lowest BCUT2D eigenvalue weighted by Crippen LogP contribution is -2.23. The monoisotopic (exact) mass is 302 g/mol. The number of aromatic nitrogens is 1. The lowest BCUT2D eigenvalue weighted by molar-refractivity contribution is 0.0951. The first-order chi connectivity index (χ1) is 10.0. The van der Waals surface area contributed by atoms with Crippen molar-refractivity contribution in [3.8, 4) is 0 Å².